The van der Waals surface area contributed by atoms with Crippen molar-refractivity contribution in [3.63, 3.8) is 0 Å². The van der Waals surface area contributed by atoms with E-state index in [1.165, 1.54) is 12.1 Å². The number of thioether (sulfide) groups is 1. The van der Waals surface area contributed by atoms with Crippen LogP contribution in [0.1, 0.15) is 32.6 Å². The molecule has 3 aromatic carbocycles. The van der Waals surface area contributed by atoms with E-state index in [4.69, 9.17) is 0 Å². The van der Waals surface area contributed by atoms with E-state index in [1.54, 1.807) is 24.3 Å². The maximum Gasteiger partial charge on any atom is 0.416 e. The lowest BCUT2D eigenvalue weighted by atomic mass is 10.1. The first-order valence-corrected chi connectivity index (χ1v) is 12.0. The van der Waals surface area contributed by atoms with Crippen LogP contribution >= 0.6 is 11.8 Å². The Bertz CT molecular complexity index is 1490. The fourth-order valence-electron chi connectivity index (χ4n) is 3.43. The molecule has 0 aliphatic rings. The number of nitriles is 1. The molecule has 1 amide bonds. The first kappa shape index (κ1) is 25.7. The Morgan fingerprint density at radius 3 is 2.27 bits per heavy atom. The van der Waals surface area contributed by atoms with Crippen LogP contribution in [-0.2, 0) is 18.5 Å². The third-order valence-electron chi connectivity index (χ3n) is 5.38. The van der Waals surface area contributed by atoms with Crippen LogP contribution in [0.15, 0.2) is 88.8 Å². The standard InChI is InChI=1S/C27H19F3N4O2S/c28-27(29,30)21-12-6-18(7-13-21)16-37-26-33-23(22(14-31)25(36)34-26)19-8-10-20(11-9-19)24(35)32-15-17-4-2-1-3-5-17/h1-13H,15-16H2,(H,32,35)(H,33,34,36). The number of carbonyl (C=O) groups excluding carboxylic acids is 1. The monoisotopic (exact) mass is 520 g/mol. The highest BCUT2D eigenvalue weighted by atomic mass is 32.2. The van der Waals surface area contributed by atoms with E-state index in [2.05, 4.69) is 15.3 Å². The summed E-state index contributed by atoms with van der Waals surface area (Å²) >= 11 is 1.12. The van der Waals surface area contributed by atoms with E-state index in [1.807, 2.05) is 36.4 Å². The second-order valence-electron chi connectivity index (χ2n) is 7.94. The van der Waals surface area contributed by atoms with Crippen LogP contribution in [0, 0.1) is 11.3 Å². The molecule has 1 heterocycles. The van der Waals surface area contributed by atoms with Crippen LogP contribution in [0.2, 0.25) is 0 Å². The molecule has 4 aromatic rings. The number of alkyl halides is 3. The van der Waals surface area contributed by atoms with Crippen molar-refractivity contribution >= 4 is 17.7 Å². The average molecular weight is 521 g/mol. The van der Waals surface area contributed by atoms with Gasteiger partial charge in [0.1, 0.15) is 11.6 Å². The Hall–Kier alpha value is -4.36. The van der Waals surface area contributed by atoms with Crippen LogP contribution in [0.25, 0.3) is 11.3 Å². The third-order valence-corrected chi connectivity index (χ3v) is 6.33. The van der Waals surface area contributed by atoms with Gasteiger partial charge in [0.25, 0.3) is 11.5 Å². The van der Waals surface area contributed by atoms with Gasteiger partial charge in [0.15, 0.2) is 5.16 Å². The first-order chi connectivity index (χ1) is 17.7. The second kappa shape index (κ2) is 11.1. The highest BCUT2D eigenvalue weighted by molar-refractivity contribution is 7.98. The van der Waals surface area contributed by atoms with Crippen LogP contribution < -0.4 is 10.9 Å². The van der Waals surface area contributed by atoms with E-state index in [0.717, 1.165) is 29.5 Å². The predicted molar refractivity (Wildman–Crippen MR) is 134 cm³/mol. The molecule has 2 N–H and O–H groups in total. The van der Waals surface area contributed by atoms with E-state index in [0.29, 0.717) is 23.2 Å². The third kappa shape index (κ3) is 6.45. The maximum atomic E-state index is 12.8. The van der Waals surface area contributed by atoms with Gasteiger partial charge in [-0.3, -0.25) is 9.59 Å². The molecule has 4 rings (SSSR count). The summed E-state index contributed by atoms with van der Waals surface area (Å²) in [7, 11) is 0. The molecule has 0 atom stereocenters. The largest absolute Gasteiger partial charge is 0.416 e. The molecule has 0 bridgehead atoms. The van der Waals surface area contributed by atoms with E-state index in [9.17, 15) is 28.0 Å². The molecule has 0 saturated carbocycles. The molecule has 37 heavy (non-hydrogen) atoms. The van der Waals surface area contributed by atoms with Gasteiger partial charge in [0, 0.05) is 23.4 Å². The zero-order valence-corrected chi connectivity index (χ0v) is 20.0. The Labute approximate surface area is 214 Å². The number of aromatic amines is 1. The number of hydrogen-bond acceptors (Lipinski definition) is 5. The van der Waals surface area contributed by atoms with Gasteiger partial charge in [-0.1, -0.05) is 66.4 Å². The minimum absolute atomic E-state index is 0.150. The van der Waals surface area contributed by atoms with Crippen molar-refractivity contribution in [1.29, 1.82) is 5.26 Å². The number of amides is 1. The van der Waals surface area contributed by atoms with E-state index < -0.39 is 17.3 Å². The molecule has 0 fully saturated rings. The van der Waals surface area contributed by atoms with Gasteiger partial charge in [-0.25, -0.2) is 4.98 Å². The number of H-pyrrole nitrogens is 1. The Morgan fingerprint density at radius 1 is 0.973 bits per heavy atom. The van der Waals surface area contributed by atoms with Gasteiger partial charge in [0.05, 0.1) is 11.3 Å². The molecule has 1 aromatic heterocycles. The summed E-state index contributed by atoms with van der Waals surface area (Å²) in [5.41, 5.74) is 1.03. The fraction of sp³-hybridized carbons (Fsp3) is 0.111. The number of aromatic nitrogens is 2. The molecular weight excluding hydrogens is 501 g/mol. The van der Waals surface area contributed by atoms with Gasteiger partial charge in [-0.15, -0.1) is 0 Å². The number of rotatable bonds is 7. The Kier molecular flexibility index (Phi) is 7.74. The lowest BCUT2D eigenvalue weighted by Gasteiger charge is -2.09. The summed E-state index contributed by atoms with van der Waals surface area (Å²) < 4.78 is 38.3. The summed E-state index contributed by atoms with van der Waals surface area (Å²) in [6, 6.07) is 22.4. The molecule has 0 aliphatic heterocycles. The molecule has 0 radical (unpaired) electrons. The topological polar surface area (TPSA) is 98.6 Å². The van der Waals surface area contributed by atoms with Gasteiger partial charge < -0.3 is 10.3 Å². The summed E-state index contributed by atoms with van der Waals surface area (Å²) in [5.74, 6) is -0.0185. The van der Waals surface area contributed by atoms with Crippen LogP contribution in [0.3, 0.4) is 0 Å². The average Bonchev–Trinajstić information content (AvgIpc) is 2.90. The Balaban J connectivity index is 1.49. The van der Waals surface area contributed by atoms with Crippen LogP contribution in [0.5, 0.6) is 0 Å². The smallest absolute Gasteiger partial charge is 0.348 e. The Morgan fingerprint density at radius 2 is 1.65 bits per heavy atom. The number of nitrogens with one attached hydrogen (secondary N) is 2. The number of benzene rings is 3. The zero-order valence-electron chi connectivity index (χ0n) is 19.2. The molecule has 10 heteroatoms. The van der Waals surface area contributed by atoms with Crippen molar-refractivity contribution in [1.82, 2.24) is 15.3 Å². The van der Waals surface area contributed by atoms with Gasteiger partial charge >= 0.3 is 6.18 Å². The summed E-state index contributed by atoms with van der Waals surface area (Å²) in [5, 5.41) is 12.5. The normalized spacial score (nSPS) is 11.1. The lowest BCUT2D eigenvalue weighted by Crippen LogP contribution is -2.22. The van der Waals surface area contributed by atoms with Crippen molar-refractivity contribution < 1.29 is 18.0 Å². The highest BCUT2D eigenvalue weighted by Gasteiger charge is 2.29. The van der Waals surface area contributed by atoms with E-state index >= 15 is 0 Å². The minimum atomic E-state index is -4.42. The fourth-order valence-corrected chi connectivity index (χ4v) is 4.25. The molecule has 186 valence electrons. The van der Waals surface area contributed by atoms with Crippen LogP contribution in [-0.4, -0.2) is 15.9 Å². The van der Waals surface area contributed by atoms with Crippen molar-refractivity contribution in [2.24, 2.45) is 0 Å². The summed E-state index contributed by atoms with van der Waals surface area (Å²) in [6.07, 6.45) is -4.42. The van der Waals surface area contributed by atoms with Gasteiger partial charge in [0.2, 0.25) is 0 Å². The molecule has 0 spiro atoms. The second-order valence-corrected chi connectivity index (χ2v) is 8.90. The SMILES string of the molecule is N#Cc1c(-c2ccc(C(=O)NCc3ccccc3)cc2)nc(SCc2ccc(C(F)(F)F)cc2)[nH]c1=O. The van der Waals surface area contributed by atoms with E-state index in [-0.39, 0.29) is 28.1 Å². The predicted octanol–water partition coefficient (Wildman–Crippen LogP) is 5.55. The zero-order chi connectivity index (χ0) is 26.4. The summed E-state index contributed by atoms with van der Waals surface area (Å²) in [4.78, 5) is 31.9. The molecule has 0 aliphatic carbocycles. The minimum Gasteiger partial charge on any atom is -0.348 e. The molecule has 6 nitrogen and oxygen atoms in total. The first-order valence-electron chi connectivity index (χ1n) is 11.0. The van der Waals surface area contributed by atoms with Crippen LogP contribution in [0.4, 0.5) is 13.2 Å². The molecule has 0 unspecified atom stereocenters. The van der Waals surface area contributed by atoms with Gasteiger partial charge in [-0.05, 0) is 35.4 Å². The van der Waals surface area contributed by atoms with Crippen molar-refractivity contribution in [2.75, 3.05) is 0 Å². The summed E-state index contributed by atoms with van der Waals surface area (Å²) in [6.45, 7) is 0.370. The number of carbonyl (C=O) groups is 1. The number of nitrogens with zero attached hydrogens (tertiary/aromatic N) is 2. The van der Waals surface area contributed by atoms with Crippen molar-refractivity contribution in [3.8, 4) is 17.3 Å². The number of hydrogen-bond donors (Lipinski definition) is 2. The maximum absolute atomic E-state index is 12.8. The van der Waals surface area contributed by atoms with Crippen molar-refractivity contribution in [3.05, 3.63) is 117 Å². The highest BCUT2D eigenvalue weighted by Crippen LogP contribution is 2.30. The van der Waals surface area contributed by atoms with Gasteiger partial charge in [-0.2, -0.15) is 18.4 Å². The number of halogens is 3. The molecule has 0 saturated heterocycles. The van der Waals surface area contributed by atoms with Crippen molar-refractivity contribution in [2.45, 2.75) is 23.6 Å². The lowest BCUT2D eigenvalue weighted by molar-refractivity contribution is -0.137. The molecular formula is C27H19F3N4O2S. The quantitative estimate of drug-likeness (QED) is 0.246.